The number of carbonyl (C=O) groups is 1. The van der Waals surface area contributed by atoms with Crippen LogP contribution in [0.2, 0.25) is 0 Å². The van der Waals surface area contributed by atoms with Crippen LogP contribution in [0.3, 0.4) is 0 Å². The smallest absolute Gasteiger partial charge is 0.242 e. The number of thiophene rings is 1. The Morgan fingerprint density at radius 1 is 1.28 bits per heavy atom. The second-order valence-corrected chi connectivity index (χ2v) is 12.3. The number of hydrogen-bond donors (Lipinski definition) is 1. The van der Waals surface area contributed by atoms with Crippen LogP contribution in [0.25, 0.3) is 0 Å². The molecule has 11 heteroatoms. The third-order valence-corrected chi connectivity index (χ3v) is 8.84. The van der Waals surface area contributed by atoms with E-state index in [1.807, 2.05) is 18.4 Å². The molecule has 3 aromatic rings. The predicted octanol–water partition coefficient (Wildman–Crippen LogP) is 3.63. The lowest BCUT2D eigenvalue weighted by molar-refractivity contribution is -0.115. The van der Waals surface area contributed by atoms with Crippen molar-refractivity contribution in [2.24, 2.45) is 0 Å². The number of rotatable bonds is 9. The van der Waals surface area contributed by atoms with Crippen molar-refractivity contribution in [2.45, 2.75) is 47.5 Å². The molecule has 1 saturated carbocycles. The molecular formula is C21H25N5O3S3. The number of benzene rings is 1. The molecule has 1 aliphatic carbocycles. The summed E-state index contributed by atoms with van der Waals surface area (Å²) in [5, 5.41) is 14.0. The monoisotopic (exact) mass is 491 g/mol. The molecule has 1 aromatic carbocycles. The van der Waals surface area contributed by atoms with Gasteiger partial charge in [-0.25, -0.2) is 12.7 Å². The van der Waals surface area contributed by atoms with Crippen molar-refractivity contribution in [1.82, 2.24) is 19.1 Å². The summed E-state index contributed by atoms with van der Waals surface area (Å²) < 4.78 is 28.0. The zero-order valence-electron chi connectivity index (χ0n) is 18.1. The number of nitrogens with zero attached hydrogens (tertiary/aromatic N) is 4. The van der Waals surface area contributed by atoms with E-state index in [9.17, 15) is 13.2 Å². The van der Waals surface area contributed by atoms with Crippen LogP contribution in [0.1, 0.15) is 36.5 Å². The molecule has 1 aliphatic rings. The summed E-state index contributed by atoms with van der Waals surface area (Å²) in [6, 6.07) is 10.8. The van der Waals surface area contributed by atoms with Crippen molar-refractivity contribution in [2.75, 3.05) is 19.4 Å². The van der Waals surface area contributed by atoms with Gasteiger partial charge >= 0.3 is 0 Å². The standard InChI is InChI=1S/C21H25N5O3S3/c1-14(20(27)22-15-6-4-8-18(12-15)32(28,29)25(2)3)31-21-24-23-19(26(21)16-9-10-16)13-17-7-5-11-30-17/h4-8,11-12,14,16H,9-10,13H2,1-3H3,(H,22,27). The summed E-state index contributed by atoms with van der Waals surface area (Å²) in [5.41, 5.74) is 0.437. The van der Waals surface area contributed by atoms with E-state index in [1.54, 1.807) is 23.5 Å². The molecule has 0 bridgehead atoms. The van der Waals surface area contributed by atoms with Crippen LogP contribution < -0.4 is 5.32 Å². The SMILES string of the molecule is CC(Sc1nnc(Cc2cccs2)n1C1CC1)C(=O)Nc1cccc(S(=O)(=O)N(C)C)c1. The lowest BCUT2D eigenvalue weighted by atomic mass is 10.3. The first kappa shape index (κ1) is 23.0. The molecule has 1 amide bonds. The van der Waals surface area contributed by atoms with Crippen LogP contribution in [-0.2, 0) is 21.2 Å². The van der Waals surface area contributed by atoms with Crippen LogP contribution in [-0.4, -0.2) is 52.7 Å². The first-order valence-electron chi connectivity index (χ1n) is 10.2. The minimum Gasteiger partial charge on any atom is -0.325 e. The molecule has 1 N–H and O–H groups in total. The summed E-state index contributed by atoms with van der Waals surface area (Å²) >= 11 is 3.06. The van der Waals surface area contributed by atoms with Gasteiger partial charge in [-0.15, -0.1) is 21.5 Å². The molecular weight excluding hydrogens is 466 g/mol. The third-order valence-electron chi connectivity index (χ3n) is 5.09. The van der Waals surface area contributed by atoms with Gasteiger partial charge in [0.2, 0.25) is 15.9 Å². The number of sulfonamides is 1. The fourth-order valence-electron chi connectivity index (χ4n) is 3.18. The molecule has 170 valence electrons. The lowest BCUT2D eigenvalue weighted by Crippen LogP contribution is -2.24. The Kier molecular flexibility index (Phi) is 6.70. The van der Waals surface area contributed by atoms with Crippen LogP contribution in [0.15, 0.2) is 51.8 Å². The van der Waals surface area contributed by atoms with Crippen molar-refractivity contribution in [1.29, 1.82) is 0 Å². The topological polar surface area (TPSA) is 97.2 Å². The first-order valence-corrected chi connectivity index (χ1v) is 13.4. The highest BCUT2D eigenvalue weighted by atomic mass is 32.2. The van der Waals surface area contributed by atoms with Crippen molar-refractivity contribution in [3.05, 3.63) is 52.5 Å². The normalized spacial score (nSPS) is 15.1. The van der Waals surface area contributed by atoms with Gasteiger partial charge in [-0.2, -0.15) is 0 Å². The number of thioether (sulfide) groups is 1. The van der Waals surface area contributed by atoms with Gasteiger partial charge in [-0.05, 0) is 49.4 Å². The molecule has 32 heavy (non-hydrogen) atoms. The molecule has 2 heterocycles. The summed E-state index contributed by atoms with van der Waals surface area (Å²) in [7, 11) is -0.627. The number of aromatic nitrogens is 3. The second kappa shape index (κ2) is 9.34. The fourth-order valence-corrected chi connectivity index (χ4v) is 5.77. The van der Waals surface area contributed by atoms with E-state index in [4.69, 9.17) is 0 Å². The lowest BCUT2D eigenvalue weighted by Gasteiger charge is -2.15. The Bertz CT molecular complexity index is 1200. The molecule has 8 nitrogen and oxygen atoms in total. The Labute approximate surface area is 196 Å². The molecule has 0 spiro atoms. The minimum absolute atomic E-state index is 0.132. The minimum atomic E-state index is -3.58. The summed E-state index contributed by atoms with van der Waals surface area (Å²) in [6.45, 7) is 1.81. The van der Waals surface area contributed by atoms with Crippen molar-refractivity contribution in [3.63, 3.8) is 0 Å². The average molecular weight is 492 g/mol. The summed E-state index contributed by atoms with van der Waals surface area (Å²) in [6.07, 6.45) is 2.92. The number of hydrogen-bond acceptors (Lipinski definition) is 7. The van der Waals surface area contributed by atoms with Gasteiger partial charge in [0.05, 0.1) is 10.1 Å². The third kappa shape index (κ3) is 5.06. The number of nitrogens with one attached hydrogen (secondary N) is 1. The van der Waals surface area contributed by atoms with Gasteiger partial charge in [0, 0.05) is 37.1 Å². The quantitative estimate of drug-likeness (QED) is 0.459. The van der Waals surface area contributed by atoms with Crippen LogP contribution in [0.5, 0.6) is 0 Å². The zero-order valence-corrected chi connectivity index (χ0v) is 20.5. The van der Waals surface area contributed by atoms with Crippen LogP contribution in [0, 0.1) is 0 Å². The van der Waals surface area contributed by atoms with Crippen LogP contribution >= 0.6 is 23.1 Å². The Hall–Kier alpha value is -2.21. The molecule has 0 radical (unpaired) electrons. The number of anilines is 1. The maximum absolute atomic E-state index is 12.8. The Balaban J connectivity index is 1.46. The van der Waals surface area contributed by atoms with Crippen molar-refractivity contribution < 1.29 is 13.2 Å². The molecule has 0 saturated heterocycles. The highest BCUT2D eigenvalue weighted by molar-refractivity contribution is 8.00. The van der Waals surface area contributed by atoms with E-state index in [0.29, 0.717) is 11.7 Å². The summed E-state index contributed by atoms with van der Waals surface area (Å²) in [5.74, 6) is 0.700. The number of amides is 1. The van der Waals surface area contributed by atoms with E-state index in [-0.39, 0.29) is 10.8 Å². The highest BCUT2D eigenvalue weighted by Gasteiger charge is 2.31. The van der Waals surface area contributed by atoms with Gasteiger partial charge in [0.15, 0.2) is 5.16 Å². The molecule has 4 rings (SSSR count). The maximum Gasteiger partial charge on any atom is 0.242 e. The Morgan fingerprint density at radius 3 is 2.72 bits per heavy atom. The van der Waals surface area contributed by atoms with Gasteiger partial charge in [-0.1, -0.05) is 23.9 Å². The molecule has 1 unspecified atom stereocenters. The van der Waals surface area contributed by atoms with E-state index in [1.165, 1.54) is 42.9 Å². The first-order chi connectivity index (χ1) is 15.3. The van der Waals surface area contributed by atoms with E-state index >= 15 is 0 Å². The fraction of sp³-hybridized carbons (Fsp3) is 0.381. The zero-order chi connectivity index (χ0) is 22.9. The largest absolute Gasteiger partial charge is 0.325 e. The van der Waals surface area contributed by atoms with Crippen LogP contribution in [0.4, 0.5) is 5.69 Å². The van der Waals surface area contributed by atoms with Gasteiger partial charge in [0.1, 0.15) is 5.82 Å². The average Bonchev–Trinajstić information content (AvgIpc) is 3.31. The van der Waals surface area contributed by atoms with E-state index in [0.717, 1.165) is 34.5 Å². The van der Waals surface area contributed by atoms with Crippen molar-refractivity contribution >= 4 is 44.7 Å². The molecule has 1 fully saturated rings. The van der Waals surface area contributed by atoms with Gasteiger partial charge < -0.3 is 9.88 Å². The highest BCUT2D eigenvalue weighted by Crippen LogP contribution is 2.40. The summed E-state index contributed by atoms with van der Waals surface area (Å²) in [4.78, 5) is 14.2. The number of carbonyl (C=O) groups excluding carboxylic acids is 1. The predicted molar refractivity (Wildman–Crippen MR) is 127 cm³/mol. The van der Waals surface area contributed by atoms with Crippen molar-refractivity contribution in [3.8, 4) is 0 Å². The second-order valence-electron chi connectivity index (χ2n) is 7.82. The maximum atomic E-state index is 12.8. The molecule has 1 atom stereocenters. The van der Waals surface area contributed by atoms with E-state index < -0.39 is 15.3 Å². The molecule has 0 aliphatic heterocycles. The Morgan fingerprint density at radius 2 is 2.06 bits per heavy atom. The van der Waals surface area contributed by atoms with E-state index in [2.05, 4.69) is 26.1 Å². The van der Waals surface area contributed by atoms with Gasteiger partial charge in [-0.3, -0.25) is 4.79 Å². The molecule has 2 aromatic heterocycles. The van der Waals surface area contributed by atoms with Gasteiger partial charge in [0.25, 0.3) is 0 Å².